The Kier molecular flexibility index (Phi) is 10.3. The molecule has 3 aromatic carbocycles. The lowest BCUT2D eigenvalue weighted by Crippen LogP contribution is -2.53. The van der Waals surface area contributed by atoms with Gasteiger partial charge in [-0.2, -0.15) is 0 Å². The second-order valence-electron chi connectivity index (χ2n) is 9.44. The molecule has 0 saturated heterocycles. The van der Waals surface area contributed by atoms with E-state index in [4.69, 9.17) is 16.3 Å². The number of hydrogen-bond acceptors (Lipinski definition) is 3. The third-order valence-corrected chi connectivity index (χ3v) is 7.64. The Morgan fingerprint density at radius 1 is 0.919 bits per heavy atom. The minimum atomic E-state index is -0.673. The van der Waals surface area contributed by atoms with E-state index in [-0.39, 0.29) is 31.0 Å². The lowest BCUT2D eigenvalue weighted by Gasteiger charge is -2.33. The SMILES string of the molecule is O=C(NC1CCCCC1)C(Cc1ccccc1)N(Cc1ccc(Cl)cc1)C(=O)COc1ccc(I)cc1. The van der Waals surface area contributed by atoms with Gasteiger partial charge in [0.05, 0.1) is 0 Å². The lowest BCUT2D eigenvalue weighted by atomic mass is 9.94. The summed E-state index contributed by atoms with van der Waals surface area (Å²) in [5.41, 5.74) is 1.90. The van der Waals surface area contributed by atoms with Gasteiger partial charge in [-0.25, -0.2) is 0 Å². The van der Waals surface area contributed by atoms with Gasteiger partial charge in [0.15, 0.2) is 6.61 Å². The third kappa shape index (κ3) is 8.47. The molecule has 4 rings (SSSR count). The highest BCUT2D eigenvalue weighted by Crippen LogP contribution is 2.21. The highest BCUT2D eigenvalue weighted by Gasteiger charge is 2.32. The Balaban J connectivity index is 1.59. The van der Waals surface area contributed by atoms with Crippen LogP contribution in [-0.2, 0) is 22.6 Å². The fourth-order valence-corrected chi connectivity index (χ4v) is 5.13. The van der Waals surface area contributed by atoms with Crippen molar-refractivity contribution in [2.75, 3.05) is 6.61 Å². The van der Waals surface area contributed by atoms with Crippen LogP contribution in [0.25, 0.3) is 0 Å². The zero-order chi connectivity index (χ0) is 26.0. The molecule has 3 aromatic rings. The van der Waals surface area contributed by atoms with E-state index >= 15 is 0 Å². The molecule has 0 aliphatic heterocycles. The van der Waals surface area contributed by atoms with E-state index in [0.29, 0.717) is 17.2 Å². The van der Waals surface area contributed by atoms with E-state index in [2.05, 4.69) is 27.9 Å². The quantitative estimate of drug-likeness (QED) is 0.264. The van der Waals surface area contributed by atoms with E-state index in [0.717, 1.165) is 40.4 Å². The highest BCUT2D eigenvalue weighted by atomic mass is 127. The van der Waals surface area contributed by atoms with Crippen LogP contribution in [0.2, 0.25) is 5.02 Å². The van der Waals surface area contributed by atoms with Crippen molar-refractivity contribution in [2.45, 2.75) is 57.2 Å². The van der Waals surface area contributed by atoms with E-state index in [1.807, 2.05) is 66.7 Å². The van der Waals surface area contributed by atoms with Gasteiger partial charge in [0.1, 0.15) is 11.8 Å². The predicted molar refractivity (Wildman–Crippen MR) is 156 cm³/mol. The number of benzene rings is 3. The third-order valence-electron chi connectivity index (χ3n) is 6.66. The zero-order valence-electron chi connectivity index (χ0n) is 20.7. The van der Waals surface area contributed by atoms with Crippen LogP contribution in [-0.4, -0.2) is 35.4 Å². The topological polar surface area (TPSA) is 58.6 Å². The molecular weight excluding hydrogens is 599 g/mol. The van der Waals surface area contributed by atoms with Crippen molar-refractivity contribution >= 4 is 46.0 Å². The van der Waals surface area contributed by atoms with Gasteiger partial charge < -0.3 is 15.0 Å². The van der Waals surface area contributed by atoms with Crippen molar-refractivity contribution in [3.8, 4) is 5.75 Å². The lowest BCUT2D eigenvalue weighted by molar-refractivity contribution is -0.143. The van der Waals surface area contributed by atoms with Crippen molar-refractivity contribution < 1.29 is 14.3 Å². The van der Waals surface area contributed by atoms with Gasteiger partial charge >= 0.3 is 0 Å². The molecule has 0 bridgehead atoms. The molecule has 194 valence electrons. The first-order chi connectivity index (χ1) is 18.0. The molecule has 2 amide bonds. The molecule has 0 spiro atoms. The highest BCUT2D eigenvalue weighted by molar-refractivity contribution is 14.1. The van der Waals surface area contributed by atoms with Crippen molar-refractivity contribution in [3.05, 3.63) is 98.6 Å². The monoisotopic (exact) mass is 630 g/mol. The van der Waals surface area contributed by atoms with Crippen molar-refractivity contribution in [3.63, 3.8) is 0 Å². The summed E-state index contributed by atoms with van der Waals surface area (Å²) in [6, 6.07) is 24.3. The number of ether oxygens (including phenoxy) is 1. The number of amides is 2. The predicted octanol–water partition coefficient (Wildman–Crippen LogP) is 6.41. The van der Waals surface area contributed by atoms with Gasteiger partial charge in [0, 0.05) is 27.6 Å². The van der Waals surface area contributed by atoms with Crippen molar-refractivity contribution in [1.29, 1.82) is 0 Å². The van der Waals surface area contributed by atoms with Crippen LogP contribution in [0.4, 0.5) is 0 Å². The largest absolute Gasteiger partial charge is 0.484 e. The molecule has 1 aliphatic rings. The maximum Gasteiger partial charge on any atom is 0.261 e. The molecule has 0 heterocycles. The average molecular weight is 631 g/mol. The Morgan fingerprint density at radius 3 is 2.27 bits per heavy atom. The summed E-state index contributed by atoms with van der Waals surface area (Å²) in [5, 5.41) is 3.88. The summed E-state index contributed by atoms with van der Waals surface area (Å²) in [6.45, 7) is 0.123. The molecule has 0 radical (unpaired) electrons. The van der Waals surface area contributed by atoms with E-state index in [9.17, 15) is 9.59 Å². The van der Waals surface area contributed by atoms with Gasteiger partial charge in [-0.3, -0.25) is 9.59 Å². The van der Waals surface area contributed by atoms with Crippen molar-refractivity contribution in [1.82, 2.24) is 10.2 Å². The van der Waals surface area contributed by atoms with Crippen molar-refractivity contribution in [2.24, 2.45) is 0 Å². The minimum absolute atomic E-state index is 0.118. The summed E-state index contributed by atoms with van der Waals surface area (Å²) in [4.78, 5) is 29.1. The van der Waals surface area contributed by atoms with Gasteiger partial charge in [0.25, 0.3) is 5.91 Å². The molecule has 1 unspecified atom stereocenters. The first-order valence-electron chi connectivity index (χ1n) is 12.7. The second-order valence-corrected chi connectivity index (χ2v) is 11.1. The standard InChI is InChI=1S/C30H32ClIN2O3/c31-24-13-11-23(12-14-24)20-34(29(35)21-37-27-17-15-25(32)16-18-27)28(19-22-7-3-1-4-8-22)30(36)33-26-9-5-2-6-10-26/h1,3-4,7-8,11-18,26,28H,2,5-6,9-10,19-21H2,(H,33,36). The van der Waals surface area contributed by atoms with Gasteiger partial charge in [-0.15, -0.1) is 0 Å². The van der Waals surface area contributed by atoms with Crippen LogP contribution in [0, 0.1) is 3.57 Å². The molecule has 1 aliphatic carbocycles. The number of nitrogens with one attached hydrogen (secondary N) is 1. The zero-order valence-corrected chi connectivity index (χ0v) is 23.7. The first kappa shape index (κ1) is 27.5. The van der Waals surface area contributed by atoms with Gasteiger partial charge in [-0.05, 0) is 83.0 Å². The molecule has 1 fully saturated rings. The molecule has 1 atom stereocenters. The van der Waals surface area contributed by atoms with Crippen LogP contribution in [0.3, 0.4) is 0 Å². The Bertz CT molecular complexity index is 1150. The molecular formula is C30H32ClIN2O3. The van der Waals surface area contributed by atoms with E-state index < -0.39 is 6.04 Å². The molecule has 0 aromatic heterocycles. The smallest absolute Gasteiger partial charge is 0.261 e. The number of nitrogens with zero attached hydrogens (tertiary/aromatic N) is 1. The maximum absolute atomic E-state index is 13.8. The fraction of sp³-hybridized carbons (Fsp3) is 0.333. The molecule has 1 N–H and O–H groups in total. The number of halogens is 2. The number of rotatable bonds is 10. The maximum atomic E-state index is 13.8. The molecule has 5 nitrogen and oxygen atoms in total. The minimum Gasteiger partial charge on any atom is -0.484 e. The van der Waals surface area contributed by atoms with Gasteiger partial charge in [-0.1, -0.05) is 73.3 Å². The normalized spacial score (nSPS) is 14.5. The summed E-state index contributed by atoms with van der Waals surface area (Å²) in [6.07, 6.45) is 5.81. The van der Waals surface area contributed by atoms with E-state index in [1.54, 1.807) is 17.0 Å². The Hall–Kier alpha value is -2.58. The Morgan fingerprint density at radius 2 is 1.59 bits per heavy atom. The van der Waals surface area contributed by atoms with Crippen LogP contribution >= 0.6 is 34.2 Å². The van der Waals surface area contributed by atoms with Crippen LogP contribution in [0.5, 0.6) is 5.75 Å². The van der Waals surface area contributed by atoms with Crippen LogP contribution < -0.4 is 10.1 Å². The summed E-state index contributed by atoms with van der Waals surface area (Å²) in [7, 11) is 0. The molecule has 37 heavy (non-hydrogen) atoms. The van der Waals surface area contributed by atoms with Gasteiger partial charge in [0.2, 0.25) is 5.91 Å². The first-order valence-corrected chi connectivity index (χ1v) is 14.2. The average Bonchev–Trinajstić information content (AvgIpc) is 2.92. The van der Waals surface area contributed by atoms with Crippen LogP contribution in [0.15, 0.2) is 78.9 Å². The summed E-state index contributed by atoms with van der Waals surface area (Å²) < 4.78 is 6.93. The molecule has 1 saturated carbocycles. The number of carbonyl (C=O) groups excluding carboxylic acids is 2. The number of hydrogen-bond donors (Lipinski definition) is 1. The fourth-order valence-electron chi connectivity index (χ4n) is 4.64. The summed E-state index contributed by atoms with van der Waals surface area (Å²) >= 11 is 8.33. The molecule has 7 heteroatoms. The second kappa shape index (κ2) is 13.8. The summed E-state index contributed by atoms with van der Waals surface area (Å²) in [5.74, 6) is 0.257. The Labute approximate surface area is 237 Å². The van der Waals surface area contributed by atoms with Crippen LogP contribution in [0.1, 0.15) is 43.2 Å². The van der Waals surface area contributed by atoms with E-state index in [1.165, 1.54) is 6.42 Å². The number of carbonyl (C=O) groups is 2.